The summed E-state index contributed by atoms with van der Waals surface area (Å²) in [5.74, 6) is -4.61. The van der Waals surface area contributed by atoms with Crippen molar-refractivity contribution >= 4 is 25.5 Å². The highest BCUT2D eigenvalue weighted by atomic mass is 31.2. The lowest BCUT2D eigenvalue weighted by Gasteiger charge is -2.36. The Kier molecular flexibility index (Phi) is 31.6. The molecule has 1 heterocycles. The fourth-order valence-corrected chi connectivity index (χ4v) is 9.05. The Labute approximate surface area is 388 Å². The minimum Gasteiger partial charge on any atom is -0.462 e. The average molecular weight is 945 g/mol. The van der Waals surface area contributed by atoms with E-state index in [4.69, 9.17) is 18.5 Å². The van der Waals surface area contributed by atoms with Crippen molar-refractivity contribution in [1.82, 2.24) is 0 Å². The third-order valence-electron chi connectivity index (χ3n) is 12.2. The summed E-state index contributed by atoms with van der Waals surface area (Å²) in [7, 11) is -5.41. The lowest BCUT2D eigenvalue weighted by atomic mass is 9.87. The number of carbonyl (C=O) groups is 3. The number of ether oxygens (including phenoxy) is 2. The number of allylic oxidation sites excluding steroid dienone is 3. The Bertz CT molecular complexity index is 1440. The van der Waals surface area contributed by atoms with E-state index in [9.17, 15) is 54.5 Å². The van der Waals surface area contributed by atoms with E-state index in [1.165, 1.54) is 95.3 Å². The van der Waals surface area contributed by atoms with Gasteiger partial charge in [0.05, 0.1) is 30.8 Å². The molecular formula is C49H85O15P. The zero-order chi connectivity index (χ0) is 47.9. The highest BCUT2D eigenvalue weighted by Crippen LogP contribution is 2.47. The number of phosphoric ester groups is 1. The van der Waals surface area contributed by atoms with Gasteiger partial charge in [-0.3, -0.25) is 23.4 Å². The Morgan fingerprint density at radius 3 is 1.92 bits per heavy atom. The summed E-state index contributed by atoms with van der Waals surface area (Å²) in [6.45, 7) is 2.88. The number of esters is 2. The number of carbonyl (C=O) groups excluding carboxylic acids is 3. The van der Waals surface area contributed by atoms with Gasteiger partial charge in [-0.2, -0.15) is 0 Å². The minimum absolute atomic E-state index is 0.0287. The second kappa shape index (κ2) is 34.9. The third-order valence-corrected chi connectivity index (χ3v) is 13.2. The van der Waals surface area contributed by atoms with Crippen LogP contribution in [0.15, 0.2) is 36.5 Å². The van der Waals surface area contributed by atoms with Gasteiger partial charge in [0.15, 0.2) is 11.9 Å². The molecule has 7 N–H and O–H groups in total. The number of phosphoric acid groups is 1. The van der Waals surface area contributed by atoms with Crippen molar-refractivity contribution in [2.45, 2.75) is 230 Å². The molecule has 0 radical (unpaired) electrons. The van der Waals surface area contributed by atoms with E-state index >= 15 is 0 Å². The number of hydrogen-bond acceptors (Lipinski definition) is 14. The van der Waals surface area contributed by atoms with E-state index in [1.807, 2.05) is 6.92 Å². The van der Waals surface area contributed by atoms with Gasteiger partial charge in [0.1, 0.15) is 31.0 Å². The van der Waals surface area contributed by atoms with E-state index in [0.29, 0.717) is 32.1 Å². The maximum atomic E-state index is 13.5. The molecule has 0 aromatic heterocycles. The zero-order valence-corrected chi connectivity index (χ0v) is 40.3. The number of aliphatic hydroxyl groups excluding tert-OH is 6. The summed E-state index contributed by atoms with van der Waals surface area (Å²) < 4.78 is 34.7. The molecule has 0 saturated heterocycles. The van der Waals surface area contributed by atoms with Gasteiger partial charge >= 0.3 is 19.8 Å². The molecule has 376 valence electrons. The van der Waals surface area contributed by atoms with Crippen molar-refractivity contribution in [3.63, 3.8) is 0 Å². The molecule has 0 amide bonds. The van der Waals surface area contributed by atoms with Gasteiger partial charge in [0.2, 0.25) is 0 Å². The van der Waals surface area contributed by atoms with Crippen LogP contribution < -0.4 is 0 Å². The Hall–Kier alpha value is -2.30. The Morgan fingerprint density at radius 2 is 1.32 bits per heavy atom. The first kappa shape index (κ1) is 58.8. The molecular weight excluding hydrogens is 859 g/mol. The maximum absolute atomic E-state index is 13.5. The van der Waals surface area contributed by atoms with Crippen LogP contribution in [0.2, 0.25) is 0 Å². The molecule has 1 aliphatic carbocycles. The van der Waals surface area contributed by atoms with Gasteiger partial charge in [-0.25, -0.2) is 4.57 Å². The summed E-state index contributed by atoms with van der Waals surface area (Å²) in [6.07, 6.45) is 16.8. The lowest BCUT2D eigenvalue weighted by molar-refractivity contribution is -0.164. The summed E-state index contributed by atoms with van der Waals surface area (Å²) in [5, 5.41) is 66.9. The monoisotopic (exact) mass is 945 g/mol. The van der Waals surface area contributed by atoms with E-state index in [-0.39, 0.29) is 19.3 Å². The summed E-state index contributed by atoms with van der Waals surface area (Å²) in [5.41, 5.74) is 0. The lowest BCUT2D eigenvalue weighted by Crippen LogP contribution is -2.55. The maximum Gasteiger partial charge on any atom is 0.472 e. The van der Waals surface area contributed by atoms with Crippen LogP contribution in [-0.2, 0) is 37.5 Å². The molecule has 1 aliphatic heterocycles. The highest BCUT2D eigenvalue weighted by Gasteiger charge is 2.47. The van der Waals surface area contributed by atoms with Gasteiger partial charge in [-0.15, -0.1) is 0 Å². The molecule has 2 rings (SSSR count). The van der Waals surface area contributed by atoms with Crippen molar-refractivity contribution in [1.29, 1.82) is 0 Å². The van der Waals surface area contributed by atoms with Crippen LogP contribution in [0.4, 0.5) is 0 Å². The first-order chi connectivity index (χ1) is 31.2. The molecule has 0 spiro atoms. The SMILES string of the molecule is CCCCCCCCCCCCCCCCCCCC(=O)OC[C@@H]1COP(=O)(O)O[C@H]2[C@H](O)[C@@H](O)[C@H](O)[C@H](/C=C\C(=O)[C@H](/C=C/[C@@H](O)CCCCC)[C@@H](O)[C@H]2O)C/C=C\CCCC(=O)O1. The van der Waals surface area contributed by atoms with Crippen molar-refractivity contribution in [2.24, 2.45) is 11.8 Å². The van der Waals surface area contributed by atoms with Crippen molar-refractivity contribution in [3.8, 4) is 0 Å². The van der Waals surface area contributed by atoms with Gasteiger partial charge < -0.3 is 45.0 Å². The molecule has 2 aliphatic rings. The van der Waals surface area contributed by atoms with Gasteiger partial charge in [0, 0.05) is 18.8 Å². The molecule has 0 saturated carbocycles. The molecule has 0 aromatic rings. The predicted octanol–water partition coefficient (Wildman–Crippen LogP) is 7.79. The number of ketones is 1. The van der Waals surface area contributed by atoms with Crippen molar-refractivity contribution in [3.05, 3.63) is 36.5 Å². The largest absolute Gasteiger partial charge is 0.472 e. The Morgan fingerprint density at radius 1 is 0.769 bits per heavy atom. The number of aliphatic hydroxyl groups is 6. The average Bonchev–Trinajstić information content (AvgIpc) is 3.28. The number of fused-ring (bicyclic) bond motifs is 4. The minimum atomic E-state index is -5.41. The third kappa shape index (κ3) is 25.6. The number of cyclic esters (lactones) is 1. The highest BCUT2D eigenvalue weighted by molar-refractivity contribution is 7.47. The molecule has 16 heteroatoms. The topological polar surface area (TPSA) is 247 Å². The van der Waals surface area contributed by atoms with Crippen LogP contribution in [-0.4, -0.2) is 115 Å². The predicted molar refractivity (Wildman–Crippen MR) is 248 cm³/mol. The van der Waals surface area contributed by atoms with E-state index in [0.717, 1.165) is 44.6 Å². The van der Waals surface area contributed by atoms with E-state index in [2.05, 4.69) is 6.92 Å². The smallest absolute Gasteiger partial charge is 0.462 e. The molecule has 65 heavy (non-hydrogen) atoms. The zero-order valence-electron chi connectivity index (χ0n) is 39.4. The summed E-state index contributed by atoms with van der Waals surface area (Å²) >= 11 is 0. The molecule has 1 unspecified atom stereocenters. The number of hydrogen-bond donors (Lipinski definition) is 7. The van der Waals surface area contributed by atoms with Gasteiger partial charge in [-0.1, -0.05) is 166 Å². The van der Waals surface area contributed by atoms with Crippen LogP contribution in [0.3, 0.4) is 0 Å². The second-order valence-electron chi connectivity index (χ2n) is 18.0. The molecule has 11 atom stereocenters. The van der Waals surface area contributed by atoms with Crippen LogP contribution >= 0.6 is 7.82 Å². The van der Waals surface area contributed by atoms with Gasteiger partial charge in [0.25, 0.3) is 0 Å². The second-order valence-corrected chi connectivity index (χ2v) is 19.4. The Balaban J connectivity index is 2.05. The van der Waals surface area contributed by atoms with E-state index < -0.39 is 99.4 Å². The molecule has 15 nitrogen and oxygen atoms in total. The van der Waals surface area contributed by atoms with Crippen molar-refractivity contribution in [2.75, 3.05) is 13.2 Å². The summed E-state index contributed by atoms with van der Waals surface area (Å²) in [4.78, 5) is 49.9. The van der Waals surface area contributed by atoms with Crippen molar-refractivity contribution < 1.29 is 73.0 Å². The fourth-order valence-electron chi connectivity index (χ4n) is 8.08. The van der Waals surface area contributed by atoms with Crippen LogP contribution in [0.5, 0.6) is 0 Å². The van der Waals surface area contributed by atoms with E-state index in [1.54, 1.807) is 12.2 Å². The van der Waals surface area contributed by atoms with Crippen LogP contribution in [0.1, 0.15) is 181 Å². The summed E-state index contributed by atoms with van der Waals surface area (Å²) in [6, 6.07) is 0. The van der Waals surface area contributed by atoms with Gasteiger partial charge in [-0.05, 0) is 38.2 Å². The first-order valence-electron chi connectivity index (χ1n) is 24.8. The normalized spacial score (nSPS) is 30.3. The first-order valence-corrected chi connectivity index (χ1v) is 26.3. The number of unbranched alkanes of at least 4 members (excludes halogenated alkanes) is 18. The van der Waals surface area contributed by atoms with Crippen LogP contribution in [0, 0.1) is 11.8 Å². The molecule has 0 aromatic carbocycles. The standard InChI is InChI=1S/C49H85O15P/c1-3-5-7-8-9-10-11-12-13-14-15-16-17-18-19-20-25-29-42(52)61-35-39-36-62-65(59,60)64-49-47(57)45(55)40(33-32-38(50)28-23-6-4-2)41(51)34-31-37(44(54)46(56)48(49)58)27-24-21-22-26-30-43(53)63-39/h21,24,31-34,37-40,44-50,54-58H,3-20,22-23,25-30,35-36H2,1-2H3,(H,59,60)/b24-21-,33-32+,34-31-/t37-,38-,39+,40-,44+,45+,46-,47+,48+,49+/m0/s1. The van der Waals surface area contributed by atoms with Crippen LogP contribution in [0.25, 0.3) is 0 Å². The molecule has 2 bridgehead atoms. The molecule has 0 fully saturated rings. The fraction of sp³-hybridized carbons (Fsp3) is 0.816. The quantitative estimate of drug-likeness (QED) is 0.0189. The number of rotatable bonds is 26.